The van der Waals surface area contributed by atoms with E-state index in [9.17, 15) is 4.79 Å². The van der Waals surface area contributed by atoms with Crippen molar-refractivity contribution in [3.05, 3.63) is 34.9 Å². The van der Waals surface area contributed by atoms with Gasteiger partial charge in [-0.05, 0) is 24.6 Å². The summed E-state index contributed by atoms with van der Waals surface area (Å²) in [5.41, 5.74) is 0.562. The maximum atomic E-state index is 11.8. The fourth-order valence-electron chi connectivity index (χ4n) is 1.36. The van der Waals surface area contributed by atoms with Gasteiger partial charge in [-0.3, -0.25) is 4.79 Å². The average Bonchev–Trinajstić information content (AvgIpc) is 2.90. The Morgan fingerprint density at radius 2 is 2.21 bits per heavy atom. The molecule has 0 aromatic heterocycles. The van der Waals surface area contributed by atoms with Crippen LogP contribution >= 0.6 is 23.4 Å². The van der Waals surface area contributed by atoms with E-state index >= 15 is 0 Å². The summed E-state index contributed by atoms with van der Waals surface area (Å²) in [6, 6.07) is 7.17. The van der Waals surface area contributed by atoms with E-state index < -0.39 is 0 Å². The van der Waals surface area contributed by atoms with Gasteiger partial charge in [-0.2, -0.15) is 0 Å². The second kappa shape index (κ2) is 6.68. The van der Waals surface area contributed by atoms with Gasteiger partial charge in [0.25, 0.3) is 0 Å². The summed E-state index contributed by atoms with van der Waals surface area (Å²) >= 11 is 7.08. The molecule has 0 spiro atoms. The Kier molecular flexibility index (Phi) is 4.93. The van der Waals surface area contributed by atoms with E-state index in [1.165, 1.54) is 18.1 Å². The minimum absolute atomic E-state index is 0.232. The Balaban J connectivity index is 1.78. The van der Waals surface area contributed by atoms with Gasteiger partial charge in [-0.15, -0.1) is 10.2 Å². The molecule has 1 heterocycles. The number of esters is 1. The summed E-state index contributed by atoms with van der Waals surface area (Å²) in [6.45, 7) is 1.99. The molecule has 0 saturated heterocycles. The first-order valence-electron chi connectivity index (χ1n) is 5.63. The Labute approximate surface area is 120 Å². The van der Waals surface area contributed by atoms with Gasteiger partial charge in [-0.1, -0.05) is 35.5 Å². The number of carbonyl (C=O) groups excluding carboxylic acids is 1. The molecule has 0 aliphatic carbocycles. The van der Waals surface area contributed by atoms with Crippen LogP contribution in [0.25, 0.3) is 0 Å². The molecule has 100 valence electrons. The molecule has 1 aromatic carbocycles. The fraction of sp³-hybridized carbons (Fsp3) is 0.333. The van der Waals surface area contributed by atoms with Crippen LogP contribution in [0.5, 0.6) is 0 Å². The lowest BCUT2D eigenvalue weighted by atomic mass is 10.2. The molecule has 19 heavy (non-hydrogen) atoms. The van der Waals surface area contributed by atoms with E-state index in [2.05, 4.69) is 15.2 Å². The van der Waals surface area contributed by atoms with Gasteiger partial charge >= 0.3 is 5.97 Å². The van der Waals surface area contributed by atoms with E-state index in [1.54, 1.807) is 19.1 Å². The average molecular weight is 298 g/mol. The minimum atomic E-state index is -0.341. The first kappa shape index (κ1) is 14.0. The molecule has 2 rings (SSSR count). The molecule has 0 fully saturated rings. The first-order chi connectivity index (χ1) is 9.15. The Morgan fingerprint density at radius 3 is 2.84 bits per heavy atom. The standard InChI is InChI=1S/C12H12ClN3O2S/c1-8(19-12-14-7-15-16-12)11(17)18-6-9-2-4-10(13)5-3-9/h2-5,7-8,12H,6H2,1H3. The molecule has 7 heteroatoms. The minimum Gasteiger partial charge on any atom is -0.460 e. The maximum Gasteiger partial charge on any atom is 0.319 e. The van der Waals surface area contributed by atoms with Gasteiger partial charge in [0.05, 0.1) is 0 Å². The second-order valence-electron chi connectivity index (χ2n) is 3.83. The van der Waals surface area contributed by atoms with Crippen molar-refractivity contribution in [1.29, 1.82) is 0 Å². The molecular weight excluding hydrogens is 286 g/mol. The third-order valence-electron chi connectivity index (χ3n) is 2.36. The molecule has 0 bridgehead atoms. The third kappa shape index (κ3) is 4.33. The van der Waals surface area contributed by atoms with Gasteiger partial charge in [0.1, 0.15) is 18.2 Å². The SMILES string of the molecule is CC(SC1N=CN=N1)C(=O)OCc1ccc(Cl)cc1. The van der Waals surface area contributed by atoms with E-state index in [4.69, 9.17) is 16.3 Å². The number of hydrogen-bond donors (Lipinski definition) is 0. The summed E-state index contributed by atoms with van der Waals surface area (Å²) in [6.07, 6.45) is 1.38. The van der Waals surface area contributed by atoms with Crippen LogP contribution in [0.2, 0.25) is 5.02 Å². The van der Waals surface area contributed by atoms with Crippen molar-refractivity contribution >= 4 is 35.7 Å². The molecule has 2 unspecified atom stereocenters. The van der Waals surface area contributed by atoms with Crippen molar-refractivity contribution in [2.45, 2.75) is 24.3 Å². The maximum absolute atomic E-state index is 11.8. The molecule has 0 saturated carbocycles. The predicted octanol–water partition coefficient (Wildman–Crippen LogP) is 3.28. The highest BCUT2D eigenvalue weighted by Crippen LogP contribution is 2.23. The van der Waals surface area contributed by atoms with E-state index in [0.29, 0.717) is 5.02 Å². The van der Waals surface area contributed by atoms with Crippen LogP contribution < -0.4 is 0 Å². The smallest absolute Gasteiger partial charge is 0.319 e. The highest BCUT2D eigenvalue weighted by Gasteiger charge is 2.21. The van der Waals surface area contributed by atoms with Crippen molar-refractivity contribution in [3.63, 3.8) is 0 Å². The summed E-state index contributed by atoms with van der Waals surface area (Å²) in [4.78, 5) is 15.7. The molecule has 0 amide bonds. The normalized spacial score (nSPS) is 18.5. The van der Waals surface area contributed by atoms with Crippen LogP contribution in [-0.2, 0) is 16.1 Å². The van der Waals surface area contributed by atoms with E-state index in [1.807, 2.05) is 12.1 Å². The predicted molar refractivity (Wildman–Crippen MR) is 75.4 cm³/mol. The van der Waals surface area contributed by atoms with Crippen molar-refractivity contribution in [1.82, 2.24) is 0 Å². The van der Waals surface area contributed by atoms with Crippen molar-refractivity contribution in [3.8, 4) is 0 Å². The zero-order valence-electron chi connectivity index (χ0n) is 10.2. The van der Waals surface area contributed by atoms with E-state index in [-0.39, 0.29) is 23.3 Å². The van der Waals surface area contributed by atoms with Crippen molar-refractivity contribution < 1.29 is 9.53 Å². The number of ether oxygens (including phenoxy) is 1. The number of nitrogens with zero attached hydrogens (tertiary/aromatic N) is 3. The number of carbonyl (C=O) groups is 1. The lowest BCUT2D eigenvalue weighted by Crippen LogP contribution is -2.18. The monoisotopic (exact) mass is 297 g/mol. The molecule has 0 N–H and O–H groups in total. The van der Waals surface area contributed by atoms with Gasteiger partial charge in [0, 0.05) is 5.02 Å². The molecule has 1 aliphatic heterocycles. The van der Waals surface area contributed by atoms with Gasteiger partial charge < -0.3 is 4.74 Å². The summed E-state index contributed by atoms with van der Waals surface area (Å²) < 4.78 is 5.21. The van der Waals surface area contributed by atoms with Crippen molar-refractivity contribution in [2.75, 3.05) is 0 Å². The Hall–Kier alpha value is -1.40. The summed E-state index contributed by atoms with van der Waals surface area (Å²) in [5.74, 6) is -0.294. The highest BCUT2D eigenvalue weighted by molar-refractivity contribution is 8.01. The van der Waals surface area contributed by atoms with Gasteiger partial charge in [0.2, 0.25) is 5.50 Å². The largest absolute Gasteiger partial charge is 0.460 e. The Morgan fingerprint density at radius 1 is 1.47 bits per heavy atom. The zero-order valence-corrected chi connectivity index (χ0v) is 11.8. The van der Waals surface area contributed by atoms with Crippen LogP contribution in [0.3, 0.4) is 0 Å². The lowest BCUT2D eigenvalue weighted by molar-refractivity contribution is -0.143. The lowest BCUT2D eigenvalue weighted by Gasteiger charge is -2.12. The number of hydrogen-bond acceptors (Lipinski definition) is 6. The highest BCUT2D eigenvalue weighted by atomic mass is 35.5. The number of thioether (sulfide) groups is 1. The molecule has 0 radical (unpaired) electrons. The molecule has 1 aliphatic rings. The first-order valence-corrected chi connectivity index (χ1v) is 6.95. The zero-order chi connectivity index (χ0) is 13.7. The van der Waals surface area contributed by atoms with Gasteiger partial charge in [0.15, 0.2) is 0 Å². The quantitative estimate of drug-likeness (QED) is 0.783. The third-order valence-corrected chi connectivity index (χ3v) is 3.68. The number of aliphatic imine (C=N–C) groups is 1. The van der Waals surface area contributed by atoms with Crippen LogP contribution in [0, 0.1) is 0 Å². The number of rotatable bonds is 5. The number of halogens is 1. The van der Waals surface area contributed by atoms with Crippen LogP contribution in [0.4, 0.5) is 0 Å². The van der Waals surface area contributed by atoms with E-state index in [0.717, 1.165) is 5.56 Å². The summed E-state index contributed by atoms with van der Waals surface area (Å²) in [5, 5.41) is 7.77. The summed E-state index contributed by atoms with van der Waals surface area (Å²) in [7, 11) is 0. The van der Waals surface area contributed by atoms with Crippen LogP contribution in [-0.4, -0.2) is 23.1 Å². The molecule has 1 aromatic rings. The van der Waals surface area contributed by atoms with Gasteiger partial charge in [-0.25, -0.2) is 4.99 Å². The molecular formula is C12H12ClN3O2S. The van der Waals surface area contributed by atoms with Crippen LogP contribution in [0.1, 0.15) is 12.5 Å². The Bertz CT molecular complexity index is 492. The number of azo groups is 1. The molecule has 2 atom stereocenters. The molecule has 5 nitrogen and oxygen atoms in total. The van der Waals surface area contributed by atoms with Crippen molar-refractivity contribution in [2.24, 2.45) is 15.2 Å². The number of benzene rings is 1. The topological polar surface area (TPSA) is 63.4 Å². The fourth-order valence-corrected chi connectivity index (χ4v) is 2.26. The second-order valence-corrected chi connectivity index (χ2v) is 5.67. The van der Waals surface area contributed by atoms with Crippen LogP contribution in [0.15, 0.2) is 39.5 Å².